The lowest BCUT2D eigenvalue weighted by Gasteiger charge is -2.32. The second-order valence-electron chi connectivity index (χ2n) is 6.20. The van der Waals surface area contributed by atoms with Gasteiger partial charge < -0.3 is 20.7 Å². The first-order chi connectivity index (χ1) is 10.9. The summed E-state index contributed by atoms with van der Waals surface area (Å²) in [7, 11) is 1.57. The fraction of sp³-hybridized carbons (Fsp3) is 0.529. The number of likely N-dealkylation sites (tertiary alicyclic amines) is 1. The predicted molar refractivity (Wildman–Crippen MR) is 90.2 cm³/mol. The molecule has 1 aliphatic heterocycles. The van der Waals surface area contributed by atoms with Gasteiger partial charge in [0.25, 0.3) is 0 Å². The van der Waals surface area contributed by atoms with E-state index in [1.165, 1.54) is 0 Å². The van der Waals surface area contributed by atoms with Gasteiger partial charge in [-0.05, 0) is 25.0 Å². The molecule has 1 aliphatic rings. The first kappa shape index (κ1) is 17.1. The zero-order valence-corrected chi connectivity index (χ0v) is 14.0. The molecule has 6 nitrogen and oxygen atoms in total. The first-order valence-corrected chi connectivity index (χ1v) is 7.95. The zero-order chi connectivity index (χ0) is 17.0. The van der Waals surface area contributed by atoms with E-state index in [1.54, 1.807) is 25.3 Å². The van der Waals surface area contributed by atoms with Crippen molar-refractivity contribution in [3.63, 3.8) is 0 Å². The van der Waals surface area contributed by atoms with Crippen LogP contribution >= 0.6 is 0 Å². The highest BCUT2D eigenvalue weighted by atomic mass is 16.5. The number of nitrogens with one attached hydrogen (secondary N) is 1. The monoisotopic (exact) mass is 319 g/mol. The van der Waals surface area contributed by atoms with Gasteiger partial charge in [0.05, 0.1) is 18.5 Å². The van der Waals surface area contributed by atoms with Crippen molar-refractivity contribution >= 4 is 23.2 Å². The second kappa shape index (κ2) is 7.35. The molecule has 1 saturated heterocycles. The molecule has 0 bridgehead atoms. The number of ether oxygens (including phenoxy) is 1. The van der Waals surface area contributed by atoms with Crippen molar-refractivity contribution in [1.29, 1.82) is 0 Å². The smallest absolute Gasteiger partial charge is 0.227 e. The molecule has 1 heterocycles. The average Bonchev–Trinajstić information content (AvgIpc) is 2.56. The SMILES string of the molecule is COc1ccc(N)c(NC(=O)C2CCN(C(=O)C(C)C)CC2)c1. The molecule has 1 aromatic carbocycles. The van der Waals surface area contributed by atoms with Crippen LogP contribution in [0.3, 0.4) is 0 Å². The van der Waals surface area contributed by atoms with Crippen LogP contribution in [0.4, 0.5) is 11.4 Å². The summed E-state index contributed by atoms with van der Waals surface area (Å²) >= 11 is 0. The molecule has 0 atom stereocenters. The van der Waals surface area contributed by atoms with Crippen LogP contribution in [0.5, 0.6) is 5.75 Å². The molecule has 0 aliphatic carbocycles. The summed E-state index contributed by atoms with van der Waals surface area (Å²) in [6.45, 7) is 5.05. The van der Waals surface area contributed by atoms with Crippen LogP contribution < -0.4 is 15.8 Å². The fourth-order valence-corrected chi connectivity index (χ4v) is 2.73. The molecule has 2 amide bonds. The van der Waals surface area contributed by atoms with Crippen LogP contribution in [-0.2, 0) is 9.59 Å². The first-order valence-electron chi connectivity index (χ1n) is 7.95. The fourth-order valence-electron chi connectivity index (χ4n) is 2.73. The van der Waals surface area contributed by atoms with Gasteiger partial charge in [0.2, 0.25) is 11.8 Å². The topological polar surface area (TPSA) is 84.7 Å². The van der Waals surface area contributed by atoms with Crippen molar-refractivity contribution in [1.82, 2.24) is 4.90 Å². The number of nitrogen functional groups attached to an aromatic ring is 1. The quantitative estimate of drug-likeness (QED) is 0.833. The number of nitrogens with two attached hydrogens (primary N) is 1. The molecule has 0 unspecified atom stereocenters. The van der Waals surface area contributed by atoms with E-state index in [4.69, 9.17) is 10.5 Å². The standard InChI is InChI=1S/C17H25N3O3/c1-11(2)17(22)20-8-6-12(7-9-20)16(21)19-15-10-13(23-3)4-5-14(15)18/h4-5,10-12H,6-9,18H2,1-3H3,(H,19,21). The van der Waals surface area contributed by atoms with E-state index in [1.807, 2.05) is 18.7 Å². The summed E-state index contributed by atoms with van der Waals surface area (Å²) < 4.78 is 5.15. The number of hydrogen-bond donors (Lipinski definition) is 2. The number of amides is 2. The number of anilines is 2. The highest BCUT2D eigenvalue weighted by Gasteiger charge is 2.28. The lowest BCUT2D eigenvalue weighted by atomic mass is 9.95. The van der Waals surface area contributed by atoms with Crippen molar-refractivity contribution in [2.45, 2.75) is 26.7 Å². The van der Waals surface area contributed by atoms with Gasteiger partial charge in [0.15, 0.2) is 0 Å². The third-order valence-electron chi connectivity index (χ3n) is 4.19. The minimum absolute atomic E-state index is 0.00282. The van der Waals surface area contributed by atoms with Gasteiger partial charge in [-0.2, -0.15) is 0 Å². The van der Waals surface area contributed by atoms with Gasteiger partial charge in [-0.1, -0.05) is 13.8 Å². The summed E-state index contributed by atoms with van der Waals surface area (Å²) in [4.78, 5) is 26.2. The summed E-state index contributed by atoms with van der Waals surface area (Å²) in [6.07, 6.45) is 1.35. The molecular formula is C17H25N3O3. The number of carbonyl (C=O) groups excluding carboxylic acids is 2. The van der Waals surface area contributed by atoms with Crippen LogP contribution in [0.1, 0.15) is 26.7 Å². The van der Waals surface area contributed by atoms with Gasteiger partial charge in [-0.15, -0.1) is 0 Å². The second-order valence-corrected chi connectivity index (χ2v) is 6.20. The maximum Gasteiger partial charge on any atom is 0.227 e. The predicted octanol–water partition coefficient (Wildman–Crippen LogP) is 2.11. The Kier molecular flexibility index (Phi) is 5.47. The number of methoxy groups -OCH3 is 1. The molecule has 6 heteroatoms. The minimum atomic E-state index is -0.100. The van der Waals surface area contributed by atoms with Crippen LogP contribution in [0, 0.1) is 11.8 Å². The number of piperidine rings is 1. The van der Waals surface area contributed by atoms with Gasteiger partial charge in [0, 0.05) is 31.0 Å². The maximum atomic E-state index is 12.4. The highest BCUT2D eigenvalue weighted by molar-refractivity contribution is 5.95. The molecule has 2 rings (SSSR count). The Balaban J connectivity index is 1.94. The normalized spacial score (nSPS) is 15.6. The number of benzene rings is 1. The number of hydrogen-bond acceptors (Lipinski definition) is 4. The van der Waals surface area contributed by atoms with E-state index >= 15 is 0 Å². The molecule has 126 valence electrons. The molecule has 1 fully saturated rings. The Morgan fingerprint density at radius 2 is 1.96 bits per heavy atom. The van der Waals surface area contributed by atoms with Crippen molar-refractivity contribution in [2.24, 2.45) is 11.8 Å². The Labute approximate surface area is 137 Å². The Hall–Kier alpha value is -2.24. The molecule has 3 N–H and O–H groups in total. The number of carbonyl (C=O) groups is 2. The van der Waals surface area contributed by atoms with Crippen molar-refractivity contribution in [3.05, 3.63) is 18.2 Å². The molecule has 0 radical (unpaired) electrons. The van der Waals surface area contributed by atoms with Crippen LogP contribution in [-0.4, -0.2) is 36.9 Å². The Morgan fingerprint density at radius 3 is 2.52 bits per heavy atom. The summed E-state index contributed by atoms with van der Waals surface area (Å²) in [5.74, 6) is 0.642. The van der Waals surface area contributed by atoms with E-state index in [0.29, 0.717) is 43.1 Å². The van der Waals surface area contributed by atoms with Crippen molar-refractivity contribution in [3.8, 4) is 5.75 Å². The van der Waals surface area contributed by atoms with E-state index in [2.05, 4.69) is 5.32 Å². The maximum absolute atomic E-state index is 12.4. The van der Waals surface area contributed by atoms with Crippen LogP contribution in [0.15, 0.2) is 18.2 Å². The molecule has 0 saturated carbocycles. The molecule has 1 aromatic rings. The molecular weight excluding hydrogens is 294 g/mol. The number of rotatable bonds is 4. The lowest BCUT2D eigenvalue weighted by molar-refractivity contribution is -0.137. The van der Waals surface area contributed by atoms with Gasteiger partial charge in [-0.25, -0.2) is 0 Å². The van der Waals surface area contributed by atoms with Crippen molar-refractivity contribution in [2.75, 3.05) is 31.2 Å². The van der Waals surface area contributed by atoms with Crippen molar-refractivity contribution < 1.29 is 14.3 Å². The van der Waals surface area contributed by atoms with Gasteiger partial charge in [0.1, 0.15) is 5.75 Å². The van der Waals surface area contributed by atoms with E-state index in [9.17, 15) is 9.59 Å². The van der Waals surface area contributed by atoms with Gasteiger partial charge >= 0.3 is 0 Å². The Bertz CT molecular complexity index is 578. The van der Waals surface area contributed by atoms with E-state index in [-0.39, 0.29) is 23.7 Å². The van der Waals surface area contributed by atoms with Crippen LogP contribution in [0.2, 0.25) is 0 Å². The largest absolute Gasteiger partial charge is 0.497 e. The highest BCUT2D eigenvalue weighted by Crippen LogP contribution is 2.26. The Morgan fingerprint density at radius 1 is 1.30 bits per heavy atom. The summed E-state index contributed by atoms with van der Waals surface area (Å²) in [5.41, 5.74) is 6.96. The van der Waals surface area contributed by atoms with Gasteiger partial charge in [-0.3, -0.25) is 9.59 Å². The zero-order valence-electron chi connectivity index (χ0n) is 14.0. The molecule has 23 heavy (non-hydrogen) atoms. The third kappa shape index (κ3) is 4.15. The minimum Gasteiger partial charge on any atom is -0.497 e. The van der Waals surface area contributed by atoms with E-state index in [0.717, 1.165) is 0 Å². The number of nitrogens with zero attached hydrogens (tertiary/aromatic N) is 1. The average molecular weight is 319 g/mol. The van der Waals surface area contributed by atoms with E-state index < -0.39 is 0 Å². The summed E-state index contributed by atoms with van der Waals surface area (Å²) in [5, 5.41) is 2.87. The molecule has 0 spiro atoms. The lowest BCUT2D eigenvalue weighted by Crippen LogP contribution is -2.43. The van der Waals surface area contributed by atoms with Crippen LogP contribution in [0.25, 0.3) is 0 Å². The third-order valence-corrected chi connectivity index (χ3v) is 4.19. The summed E-state index contributed by atoms with van der Waals surface area (Å²) in [6, 6.07) is 5.17. The molecule has 0 aromatic heterocycles.